The molecular formula is C21H30O3. The first-order valence-electron chi connectivity index (χ1n) is 9.68. The van der Waals surface area contributed by atoms with Crippen LogP contribution in [0.2, 0.25) is 0 Å². The summed E-state index contributed by atoms with van der Waals surface area (Å²) in [7, 11) is 0. The minimum atomic E-state index is 0.223. The summed E-state index contributed by atoms with van der Waals surface area (Å²) in [5, 5.41) is 18.8. The van der Waals surface area contributed by atoms with Gasteiger partial charge in [-0.25, -0.2) is 0 Å². The number of aliphatic hydroxyl groups excluding tert-OH is 1. The van der Waals surface area contributed by atoms with E-state index in [2.05, 4.69) is 13.0 Å². The zero-order valence-corrected chi connectivity index (χ0v) is 14.7. The normalized spacial score (nSPS) is 37.6. The predicted octanol–water partition coefficient (Wildman–Crippen LogP) is 4.02. The van der Waals surface area contributed by atoms with Crippen molar-refractivity contribution in [3.05, 3.63) is 29.3 Å². The summed E-state index contributed by atoms with van der Waals surface area (Å²) in [6.07, 6.45) is 8.43. The minimum Gasteiger partial charge on any atom is -0.508 e. The number of ether oxygens (including phenoxy) is 1. The summed E-state index contributed by atoms with van der Waals surface area (Å²) in [4.78, 5) is 0. The van der Waals surface area contributed by atoms with E-state index < -0.39 is 0 Å². The molecule has 0 bridgehead atoms. The SMILES string of the molecule is C[C@]12CC[C@@H]3c4ccc(O)cc4CCC3[C@@H]1CC[C@@H]2OCCCO. The van der Waals surface area contributed by atoms with Crippen LogP contribution in [-0.2, 0) is 11.2 Å². The summed E-state index contributed by atoms with van der Waals surface area (Å²) in [6.45, 7) is 3.37. The highest BCUT2D eigenvalue weighted by atomic mass is 16.5. The van der Waals surface area contributed by atoms with Gasteiger partial charge in [-0.2, -0.15) is 0 Å². The summed E-state index contributed by atoms with van der Waals surface area (Å²) in [6, 6.07) is 6.02. The lowest BCUT2D eigenvalue weighted by atomic mass is 9.55. The van der Waals surface area contributed by atoms with Crippen LogP contribution in [0.25, 0.3) is 0 Å². The number of rotatable bonds is 4. The van der Waals surface area contributed by atoms with Crippen LogP contribution in [0.15, 0.2) is 18.2 Å². The Morgan fingerprint density at radius 2 is 2.08 bits per heavy atom. The van der Waals surface area contributed by atoms with E-state index in [1.165, 1.54) is 43.2 Å². The second-order valence-corrected chi connectivity index (χ2v) is 8.36. The van der Waals surface area contributed by atoms with Crippen LogP contribution >= 0.6 is 0 Å². The first-order valence-corrected chi connectivity index (χ1v) is 9.68. The van der Waals surface area contributed by atoms with Gasteiger partial charge in [-0.05, 0) is 91.4 Å². The van der Waals surface area contributed by atoms with Crippen molar-refractivity contribution in [2.75, 3.05) is 13.2 Å². The van der Waals surface area contributed by atoms with Crippen LogP contribution in [-0.4, -0.2) is 29.5 Å². The third-order valence-corrected chi connectivity index (χ3v) is 7.24. The largest absolute Gasteiger partial charge is 0.508 e. The Morgan fingerprint density at radius 1 is 1.21 bits per heavy atom. The molecule has 4 rings (SSSR count). The van der Waals surface area contributed by atoms with Crippen molar-refractivity contribution in [3.8, 4) is 5.75 Å². The van der Waals surface area contributed by atoms with E-state index in [4.69, 9.17) is 9.84 Å². The maximum absolute atomic E-state index is 9.78. The molecule has 1 aromatic rings. The molecule has 0 saturated heterocycles. The highest BCUT2D eigenvalue weighted by molar-refractivity contribution is 5.40. The first kappa shape index (κ1) is 16.4. The van der Waals surface area contributed by atoms with Gasteiger partial charge in [0.25, 0.3) is 0 Å². The maximum atomic E-state index is 9.78. The van der Waals surface area contributed by atoms with Crippen molar-refractivity contribution in [2.24, 2.45) is 17.3 Å². The van der Waals surface area contributed by atoms with Gasteiger partial charge in [0, 0.05) is 13.2 Å². The van der Waals surface area contributed by atoms with Gasteiger partial charge in [-0.1, -0.05) is 13.0 Å². The zero-order valence-electron chi connectivity index (χ0n) is 14.7. The van der Waals surface area contributed by atoms with Gasteiger partial charge in [0.05, 0.1) is 6.10 Å². The van der Waals surface area contributed by atoms with E-state index in [0.29, 0.717) is 29.8 Å². The molecule has 3 aliphatic carbocycles. The monoisotopic (exact) mass is 330 g/mol. The van der Waals surface area contributed by atoms with Crippen LogP contribution in [0.5, 0.6) is 5.75 Å². The summed E-state index contributed by atoms with van der Waals surface area (Å²) < 4.78 is 6.19. The van der Waals surface area contributed by atoms with Crippen LogP contribution in [0, 0.1) is 17.3 Å². The lowest BCUT2D eigenvalue weighted by molar-refractivity contribution is -0.0661. The molecule has 132 valence electrons. The molecule has 3 nitrogen and oxygen atoms in total. The van der Waals surface area contributed by atoms with Gasteiger partial charge < -0.3 is 14.9 Å². The molecule has 1 unspecified atom stereocenters. The molecule has 0 heterocycles. The molecule has 0 aromatic heterocycles. The second-order valence-electron chi connectivity index (χ2n) is 8.36. The van der Waals surface area contributed by atoms with Crippen molar-refractivity contribution in [1.29, 1.82) is 0 Å². The summed E-state index contributed by atoms with van der Waals surface area (Å²) in [5.41, 5.74) is 3.18. The number of phenolic OH excluding ortho intramolecular Hbond substituents is 1. The molecule has 2 saturated carbocycles. The third-order valence-electron chi connectivity index (χ3n) is 7.24. The number of aromatic hydroxyl groups is 1. The first-order chi connectivity index (χ1) is 11.6. The average molecular weight is 330 g/mol. The Balaban J connectivity index is 1.54. The van der Waals surface area contributed by atoms with E-state index >= 15 is 0 Å². The van der Waals surface area contributed by atoms with Crippen LogP contribution < -0.4 is 0 Å². The molecule has 2 fully saturated rings. The van der Waals surface area contributed by atoms with Crippen molar-refractivity contribution in [2.45, 2.75) is 63.9 Å². The lowest BCUT2D eigenvalue weighted by Crippen LogP contribution is -2.44. The Morgan fingerprint density at radius 3 is 2.92 bits per heavy atom. The van der Waals surface area contributed by atoms with Crippen molar-refractivity contribution in [3.63, 3.8) is 0 Å². The zero-order chi connectivity index (χ0) is 16.7. The second kappa shape index (κ2) is 6.34. The summed E-state index contributed by atoms with van der Waals surface area (Å²) in [5.74, 6) is 2.61. The molecule has 0 amide bonds. The number of aryl methyl sites for hydroxylation is 1. The lowest BCUT2D eigenvalue weighted by Gasteiger charge is -2.50. The highest BCUT2D eigenvalue weighted by Gasteiger charge is 2.55. The topological polar surface area (TPSA) is 49.7 Å². The molecule has 0 spiro atoms. The van der Waals surface area contributed by atoms with E-state index in [-0.39, 0.29) is 6.61 Å². The Labute approximate surface area is 145 Å². The number of benzene rings is 1. The molecule has 3 aliphatic rings. The van der Waals surface area contributed by atoms with Crippen LogP contribution in [0.1, 0.15) is 62.5 Å². The predicted molar refractivity (Wildman–Crippen MR) is 94.2 cm³/mol. The molecule has 0 radical (unpaired) electrons. The van der Waals surface area contributed by atoms with Gasteiger partial charge in [-0.15, -0.1) is 0 Å². The number of hydrogen-bond donors (Lipinski definition) is 2. The van der Waals surface area contributed by atoms with Gasteiger partial charge >= 0.3 is 0 Å². The van der Waals surface area contributed by atoms with Gasteiger partial charge in [0.15, 0.2) is 0 Å². The van der Waals surface area contributed by atoms with Gasteiger partial charge in [0.2, 0.25) is 0 Å². The molecular weight excluding hydrogens is 300 g/mol. The number of hydrogen-bond acceptors (Lipinski definition) is 3. The van der Waals surface area contributed by atoms with Crippen LogP contribution in [0.4, 0.5) is 0 Å². The smallest absolute Gasteiger partial charge is 0.115 e. The molecule has 5 atom stereocenters. The van der Waals surface area contributed by atoms with E-state index in [1.807, 2.05) is 12.1 Å². The molecule has 3 heteroatoms. The van der Waals surface area contributed by atoms with Gasteiger partial charge in [0.1, 0.15) is 5.75 Å². The summed E-state index contributed by atoms with van der Waals surface area (Å²) >= 11 is 0. The molecule has 0 aliphatic heterocycles. The molecule has 1 aromatic carbocycles. The fraction of sp³-hybridized carbons (Fsp3) is 0.714. The van der Waals surface area contributed by atoms with Gasteiger partial charge in [-0.3, -0.25) is 0 Å². The minimum absolute atomic E-state index is 0.223. The Kier molecular flexibility index (Phi) is 4.34. The quantitative estimate of drug-likeness (QED) is 0.820. The fourth-order valence-corrected chi connectivity index (χ4v) is 6.08. The van der Waals surface area contributed by atoms with E-state index in [1.54, 1.807) is 0 Å². The third kappa shape index (κ3) is 2.57. The van der Waals surface area contributed by atoms with Crippen LogP contribution in [0.3, 0.4) is 0 Å². The van der Waals surface area contributed by atoms with Crippen molar-refractivity contribution in [1.82, 2.24) is 0 Å². The van der Waals surface area contributed by atoms with E-state index in [0.717, 1.165) is 24.7 Å². The number of phenols is 1. The Bertz CT molecular complexity index is 599. The maximum Gasteiger partial charge on any atom is 0.115 e. The average Bonchev–Trinajstić information content (AvgIpc) is 2.91. The van der Waals surface area contributed by atoms with Crippen molar-refractivity contribution < 1.29 is 14.9 Å². The van der Waals surface area contributed by atoms with E-state index in [9.17, 15) is 5.11 Å². The Hall–Kier alpha value is -1.06. The van der Waals surface area contributed by atoms with Crippen molar-refractivity contribution >= 4 is 0 Å². The number of fused-ring (bicyclic) bond motifs is 5. The molecule has 2 N–H and O–H groups in total. The fourth-order valence-electron chi connectivity index (χ4n) is 6.08. The molecule has 24 heavy (non-hydrogen) atoms. The number of aliphatic hydroxyl groups is 1. The highest BCUT2D eigenvalue weighted by Crippen LogP contribution is 2.61. The standard InChI is InChI=1S/C21H30O3/c1-21-10-9-17-16-6-4-15(23)13-14(16)3-5-18(17)19(21)7-8-20(21)24-12-2-11-22/h4,6,13,17-20,22-23H,2-3,5,7-12H2,1H3/t17-,18?,19+,20+,21+/m1/s1.